The van der Waals surface area contributed by atoms with Crippen LogP contribution in [0.2, 0.25) is 0 Å². The van der Waals surface area contributed by atoms with E-state index in [9.17, 15) is 13.6 Å². The van der Waals surface area contributed by atoms with Gasteiger partial charge in [0.05, 0.1) is 30.1 Å². The highest BCUT2D eigenvalue weighted by atomic mass is 19.3. The Morgan fingerprint density at radius 1 is 1.37 bits per heavy atom. The first kappa shape index (κ1) is 20.3. The van der Waals surface area contributed by atoms with Gasteiger partial charge in [0, 0.05) is 32.8 Å². The molecule has 1 saturated heterocycles. The summed E-state index contributed by atoms with van der Waals surface area (Å²) in [6.07, 6.45) is 5.22. The van der Waals surface area contributed by atoms with Crippen molar-refractivity contribution in [3.63, 3.8) is 0 Å². The van der Waals surface area contributed by atoms with Crippen molar-refractivity contribution in [1.29, 1.82) is 0 Å². The molecule has 0 unspecified atom stereocenters. The van der Waals surface area contributed by atoms with Crippen LogP contribution < -0.4 is 10.1 Å². The first-order valence-electron chi connectivity index (χ1n) is 10.0. The number of alkyl halides is 2. The Morgan fingerprint density at radius 3 is 2.80 bits per heavy atom. The first-order valence-corrected chi connectivity index (χ1v) is 10.0. The highest BCUT2D eigenvalue weighted by molar-refractivity contribution is 6.02. The van der Waals surface area contributed by atoms with Crippen LogP contribution in [0.25, 0.3) is 0 Å². The van der Waals surface area contributed by atoms with Crippen molar-refractivity contribution >= 4 is 11.7 Å². The number of piperidine rings is 1. The Hall–Kier alpha value is -2.97. The molecule has 0 bridgehead atoms. The van der Waals surface area contributed by atoms with E-state index in [-0.39, 0.29) is 25.2 Å². The summed E-state index contributed by atoms with van der Waals surface area (Å²) in [5.41, 5.74) is 0.436. The summed E-state index contributed by atoms with van der Waals surface area (Å²) in [5.74, 6) is -2.82. The summed E-state index contributed by atoms with van der Waals surface area (Å²) in [7, 11) is 1.68. The molecule has 2 aromatic heterocycles. The van der Waals surface area contributed by atoms with Gasteiger partial charge in [-0.05, 0) is 37.0 Å². The van der Waals surface area contributed by atoms with E-state index in [1.165, 1.54) is 17.5 Å². The number of carbonyl (C=O) groups is 1. The van der Waals surface area contributed by atoms with Crippen LogP contribution >= 0.6 is 0 Å². The quantitative estimate of drug-likeness (QED) is 0.701. The van der Waals surface area contributed by atoms with Gasteiger partial charge >= 0.3 is 0 Å². The fourth-order valence-corrected chi connectivity index (χ4v) is 3.45. The Kier molecular flexibility index (Phi) is 5.44. The van der Waals surface area contributed by atoms with E-state index in [1.54, 1.807) is 42.5 Å². The van der Waals surface area contributed by atoms with Gasteiger partial charge in [-0.25, -0.2) is 13.8 Å². The number of halogens is 2. The number of carbonyl (C=O) groups excluding carboxylic acids is 1. The molecule has 2 aromatic rings. The summed E-state index contributed by atoms with van der Waals surface area (Å²) in [6, 6.07) is 4.97. The minimum Gasteiger partial charge on any atom is -0.492 e. The Morgan fingerprint density at radius 2 is 2.17 bits per heavy atom. The number of ether oxygens (including phenoxy) is 1. The van der Waals surface area contributed by atoms with Gasteiger partial charge < -0.3 is 15.0 Å². The third kappa shape index (κ3) is 4.60. The van der Waals surface area contributed by atoms with E-state index in [0.29, 0.717) is 29.8 Å². The predicted octanol–water partition coefficient (Wildman–Crippen LogP) is 3.18. The lowest BCUT2D eigenvalue weighted by molar-refractivity contribution is -0.116. The van der Waals surface area contributed by atoms with Crippen LogP contribution in [0.4, 0.5) is 14.6 Å². The van der Waals surface area contributed by atoms with E-state index >= 15 is 0 Å². The lowest BCUT2D eigenvalue weighted by Crippen LogP contribution is -2.46. The molecule has 1 amide bonds. The molecule has 2 fully saturated rings. The number of hydrogen-bond donors (Lipinski definition) is 1. The fourth-order valence-electron chi connectivity index (χ4n) is 3.45. The van der Waals surface area contributed by atoms with Gasteiger partial charge in [-0.2, -0.15) is 5.10 Å². The molecule has 0 spiro atoms. The van der Waals surface area contributed by atoms with Crippen LogP contribution in [-0.4, -0.2) is 51.2 Å². The zero-order chi connectivity index (χ0) is 21.3. The van der Waals surface area contributed by atoms with Crippen LogP contribution in [0.15, 0.2) is 42.9 Å². The van der Waals surface area contributed by atoms with Gasteiger partial charge in [0.1, 0.15) is 11.6 Å². The molecule has 4 rings (SSSR count). The number of hydrogen-bond acceptors (Lipinski definition) is 5. The van der Waals surface area contributed by atoms with Gasteiger partial charge in [0.2, 0.25) is 0 Å². The van der Waals surface area contributed by atoms with Crippen LogP contribution in [0.3, 0.4) is 0 Å². The van der Waals surface area contributed by atoms with E-state index in [2.05, 4.69) is 22.0 Å². The summed E-state index contributed by atoms with van der Waals surface area (Å²) in [6.45, 7) is 4.52. The zero-order valence-electron chi connectivity index (χ0n) is 16.9. The summed E-state index contributed by atoms with van der Waals surface area (Å²) in [4.78, 5) is 18.4. The predicted molar refractivity (Wildman–Crippen MR) is 107 cm³/mol. The van der Waals surface area contributed by atoms with Gasteiger partial charge in [-0.15, -0.1) is 0 Å². The smallest absolute Gasteiger partial charge is 0.272 e. The van der Waals surface area contributed by atoms with E-state index in [1.807, 2.05) is 0 Å². The van der Waals surface area contributed by atoms with Crippen LogP contribution in [0, 0.1) is 5.92 Å². The van der Waals surface area contributed by atoms with E-state index < -0.39 is 17.7 Å². The topological polar surface area (TPSA) is 72.3 Å². The van der Waals surface area contributed by atoms with Gasteiger partial charge in [-0.3, -0.25) is 9.48 Å². The maximum absolute atomic E-state index is 14.5. The van der Waals surface area contributed by atoms with Crippen molar-refractivity contribution in [1.82, 2.24) is 19.7 Å². The van der Waals surface area contributed by atoms with Crippen molar-refractivity contribution in [2.45, 2.75) is 31.1 Å². The Balaban J connectivity index is 1.36. The minimum atomic E-state index is -2.89. The average Bonchev–Trinajstić information content (AvgIpc) is 3.46. The number of nitrogens with zero attached hydrogens (tertiary/aromatic N) is 4. The minimum absolute atomic E-state index is 0.0301. The number of aromatic nitrogens is 3. The second-order valence-electron chi connectivity index (χ2n) is 7.96. The number of nitrogens with one attached hydrogen (secondary N) is 1. The second-order valence-corrected chi connectivity index (χ2v) is 7.96. The highest BCUT2D eigenvalue weighted by Crippen LogP contribution is 2.40. The molecule has 9 heteroatoms. The van der Waals surface area contributed by atoms with Gasteiger partial charge in [-0.1, -0.05) is 6.58 Å². The molecular weight excluding hydrogens is 392 g/mol. The number of aryl methyl sites for hydroxylation is 1. The largest absolute Gasteiger partial charge is 0.492 e. The van der Waals surface area contributed by atoms with Crippen molar-refractivity contribution in [2.24, 2.45) is 13.0 Å². The monoisotopic (exact) mass is 417 g/mol. The highest BCUT2D eigenvalue weighted by Gasteiger charge is 2.46. The second kappa shape index (κ2) is 8.04. The molecule has 7 nitrogen and oxygen atoms in total. The van der Waals surface area contributed by atoms with Crippen molar-refractivity contribution in [3.05, 3.63) is 48.6 Å². The molecule has 160 valence electrons. The van der Waals surface area contributed by atoms with Gasteiger partial charge in [0.25, 0.3) is 11.8 Å². The number of pyridine rings is 1. The third-order valence-corrected chi connectivity index (χ3v) is 5.52. The maximum Gasteiger partial charge on any atom is 0.272 e. The third-order valence-electron chi connectivity index (χ3n) is 5.52. The van der Waals surface area contributed by atoms with Crippen LogP contribution in [0.5, 0.6) is 5.75 Å². The van der Waals surface area contributed by atoms with E-state index in [4.69, 9.17) is 4.74 Å². The number of likely N-dealkylation sites (tertiary alicyclic amines) is 1. The summed E-state index contributed by atoms with van der Waals surface area (Å²) in [5, 5.41) is 6.80. The number of anilines is 1. The van der Waals surface area contributed by atoms with Crippen molar-refractivity contribution < 1.29 is 18.3 Å². The standard InChI is InChI=1S/C21H25F2N5O2/c1-14(20(29)25-19-6-5-16(11-24-19)30-13-15-3-4-15)28-10-8-21(22,23)17(12-28)18-7-9-27(2)26-18/h5-7,9,11,15,17H,1,3-4,8,10,12-13H2,2H3,(H,24,25,29)/t17-/m0/s1. The lowest BCUT2D eigenvalue weighted by Gasteiger charge is -2.39. The SMILES string of the molecule is C=C(C(=O)Nc1ccc(OCC2CC2)cn1)N1CCC(F)(F)[C@H](c2ccn(C)n2)C1. The van der Waals surface area contributed by atoms with Crippen molar-refractivity contribution in [3.8, 4) is 5.75 Å². The van der Waals surface area contributed by atoms with E-state index in [0.717, 1.165) is 0 Å². The molecule has 1 atom stereocenters. The molecule has 3 heterocycles. The molecule has 1 aliphatic carbocycles. The Bertz CT molecular complexity index is 924. The molecule has 1 aliphatic heterocycles. The molecule has 0 radical (unpaired) electrons. The molecule has 1 saturated carbocycles. The zero-order valence-corrected chi connectivity index (χ0v) is 16.9. The summed E-state index contributed by atoms with van der Waals surface area (Å²) >= 11 is 0. The maximum atomic E-state index is 14.5. The molecule has 1 N–H and O–H groups in total. The molecule has 2 aliphatic rings. The number of amides is 1. The molecular formula is C21H25F2N5O2. The average molecular weight is 417 g/mol. The Labute approximate surface area is 173 Å². The molecule has 30 heavy (non-hydrogen) atoms. The normalized spacial score (nSPS) is 20.6. The van der Waals surface area contributed by atoms with Crippen molar-refractivity contribution in [2.75, 3.05) is 25.0 Å². The summed E-state index contributed by atoms with van der Waals surface area (Å²) < 4.78 is 36.1. The lowest BCUT2D eigenvalue weighted by atomic mass is 9.90. The van der Waals surface area contributed by atoms with Crippen LogP contribution in [0.1, 0.15) is 30.9 Å². The van der Waals surface area contributed by atoms with Crippen LogP contribution in [-0.2, 0) is 11.8 Å². The number of rotatable bonds is 7. The van der Waals surface area contributed by atoms with Gasteiger partial charge in [0.15, 0.2) is 0 Å². The fraction of sp³-hybridized carbons (Fsp3) is 0.476. The first-order chi connectivity index (χ1) is 14.3. The molecule has 0 aromatic carbocycles.